The summed E-state index contributed by atoms with van der Waals surface area (Å²) in [7, 11) is 0. The number of fused-ring (bicyclic) bond motifs is 1. The number of benzene rings is 1. The average Bonchev–Trinajstić information content (AvgIpc) is 2.98. The average molecular weight is 399 g/mol. The van der Waals surface area contributed by atoms with E-state index < -0.39 is 0 Å². The Labute approximate surface area is 171 Å². The molecule has 3 heterocycles. The van der Waals surface area contributed by atoms with Gasteiger partial charge in [-0.3, -0.25) is 4.90 Å². The Balaban J connectivity index is 1.28. The summed E-state index contributed by atoms with van der Waals surface area (Å²) in [6.45, 7) is 6.20. The molecule has 0 saturated carbocycles. The molecular weight excluding hydrogens is 368 g/mol. The Kier molecular flexibility index (Phi) is 6.74. The van der Waals surface area contributed by atoms with E-state index in [0.717, 1.165) is 75.9 Å². The summed E-state index contributed by atoms with van der Waals surface area (Å²) in [6, 6.07) is 8.10. The van der Waals surface area contributed by atoms with E-state index in [2.05, 4.69) is 48.5 Å². The molecule has 8 heteroatoms. The van der Waals surface area contributed by atoms with E-state index in [-0.39, 0.29) is 6.03 Å². The molecule has 0 aliphatic carbocycles. The molecule has 1 saturated heterocycles. The highest BCUT2D eigenvalue weighted by Gasteiger charge is 2.16. The van der Waals surface area contributed by atoms with Crippen LogP contribution >= 0.6 is 0 Å². The second kappa shape index (κ2) is 9.84. The number of rotatable bonds is 6. The molecular formula is C21H30N6O2. The van der Waals surface area contributed by atoms with Crippen molar-refractivity contribution in [2.45, 2.75) is 51.9 Å². The fourth-order valence-corrected chi connectivity index (χ4v) is 3.96. The monoisotopic (exact) mass is 398 g/mol. The van der Waals surface area contributed by atoms with Crippen molar-refractivity contribution < 1.29 is 9.53 Å². The number of nitrogens with one attached hydrogen (secondary N) is 2. The number of carbonyl (C=O) groups excluding carboxylic acids is 1. The summed E-state index contributed by atoms with van der Waals surface area (Å²) in [5, 5.41) is 14.5. The summed E-state index contributed by atoms with van der Waals surface area (Å²) >= 11 is 0. The maximum atomic E-state index is 12.3. The highest BCUT2D eigenvalue weighted by Crippen LogP contribution is 2.15. The minimum absolute atomic E-state index is 0.183. The van der Waals surface area contributed by atoms with Crippen LogP contribution in [0.5, 0.6) is 0 Å². The summed E-state index contributed by atoms with van der Waals surface area (Å²) in [4.78, 5) is 14.7. The zero-order valence-electron chi connectivity index (χ0n) is 16.9. The van der Waals surface area contributed by atoms with Gasteiger partial charge >= 0.3 is 6.03 Å². The fourth-order valence-electron chi connectivity index (χ4n) is 3.96. The van der Waals surface area contributed by atoms with E-state index in [1.807, 2.05) is 6.07 Å². The molecule has 1 fully saturated rings. The Hall–Kier alpha value is -2.45. The number of morpholine rings is 1. The highest BCUT2D eigenvalue weighted by molar-refractivity contribution is 5.73. The van der Waals surface area contributed by atoms with E-state index in [1.54, 1.807) is 0 Å². The van der Waals surface area contributed by atoms with Gasteiger partial charge in [-0.2, -0.15) is 0 Å². The quantitative estimate of drug-likeness (QED) is 0.776. The van der Waals surface area contributed by atoms with Crippen LogP contribution in [0, 0.1) is 0 Å². The van der Waals surface area contributed by atoms with Crippen molar-refractivity contribution in [3.63, 3.8) is 0 Å². The molecule has 1 aromatic heterocycles. The van der Waals surface area contributed by atoms with Crippen molar-refractivity contribution in [3.8, 4) is 0 Å². The number of carbonyl (C=O) groups is 1. The van der Waals surface area contributed by atoms with Gasteiger partial charge in [0.05, 0.1) is 19.8 Å². The molecule has 1 aromatic carbocycles. The van der Waals surface area contributed by atoms with Crippen LogP contribution in [0.4, 0.5) is 4.79 Å². The molecule has 4 rings (SSSR count). The van der Waals surface area contributed by atoms with Gasteiger partial charge in [0.25, 0.3) is 0 Å². The van der Waals surface area contributed by atoms with Crippen LogP contribution in [-0.2, 0) is 37.3 Å². The standard InChI is InChI=1S/C21H30N6O2/c28-21(23-15-20-25-24-19-8-2-1-5-9-27(19)20)22-14-17-6-3-4-7-18(17)16-26-10-12-29-13-11-26/h3-4,6-7H,1-2,5,8-16H2,(H2,22,23,28). The first-order chi connectivity index (χ1) is 14.3. The molecule has 0 atom stereocenters. The van der Waals surface area contributed by atoms with Gasteiger partial charge in [0.2, 0.25) is 0 Å². The molecule has 0 radical (unpaired) electrons. The number of aromatic nitrogens is 3. The number of amides is 2. The predicted octanol–water partition coefficient (Wildman–Crippen LogP) is 1.84. The van der Waals surface area contributed by atoms with Gasteiger partial charge in [0.1, 0.15) is 5.82 Å². The first-order valence-electron chi connectivity index (χ1n) is 10.6. The fraction of sp³-hybridized carbons (Fsp3) is 0.571. The molecule has 0 spiro atoms. The van der Waals surface area contributed by atoms with Crippen molar-refractivity contribution >= 4 is 6.03 Å². The molecule has 2 N–H and O–H groups in total. The maximum Gasteiger partial charge on any atom is 0.315 e. The molecule has 0 bridgehead atoms. The van der Waals surface area contributed by atoms with Gasteiger partial charge < -0.3 is 19.9 Å². The van der Waals surface area contributed by atoms with E-state index in [0.29, 0.717) is 13.1 Å². The first-order valence-corrected chi connectivity index (χ1v) is 10.6. The second-order valence-corrected chi connectivity index (χ2v) is 7.69. The second-order valence-electron chi connectivity index (χ2n) is 7.69. The van der Waals surface area contributed by atoms with Crippen molar-refractivity contribution in [1.82, 2.24) is 30.3 Å². The lowest BCUT2D eigenvalue weighted by Crippen LogP contribution is -2.37. The number of hydrogen-bond acceptors (Lipinski definition) is 5. The third-order valence-corrected chi connectivity index (χ3v) is 5.65. The van der Waals surface area contributed by atoms with Crippen molar-refractivity contribution in [2.24, 2.45) is 0 Å². The normalized spacial score (nSPS) is 17.4. The zero-order valence-corrected chi connectivity index (χ0v) is 16.9. The number of ether oxygens (including phenoxy) is 1. The van der Waals surface area contributed by atoms with Gasteiger partial charge in [-0.05, 0) is 24.0 Å². The molecule has 29 heavy (non-hydrogen) atoms. The molecule has 2 aliphatic heterocycles. The summed E-state index contributed by atoms with van der Waals surface area (Å²) in [5.41, 5.74) is 2.39. The van der Waals surface area contributed by atoms with Crippen LogP contribution in [0.25, 0.3) is 0 Å². The Morgan fingerprint density at radius 1 is 0.966 bits per heavy atom. The van der Waals surface area contributed by atoms with Crippen LogP contribution in [0.1, 0.15) is 42.0 Å². The zero-order chi connectivity index (χ0) is 19.9. The van der Waals surface area contributed by atoms with Gasteiger partial charge in [-0.15, -0.1) is 10.2 Å². The van der Waals surface area contributed by atoms with Gasteiger partial charge in [0, 0.05) is 39.1 Å². The smallest absolute Gasteiger partial charge is 0.315 e. The number of urea groups is 1. The van der Waals surface area contributed by atoms with Crippen molar-refractivity contribution in [2.75, 3.05) is 26.3 Å². The molecule has 2 amide bonds. The number of aryl methyl sites for hydroxylation is 1. The van der Waals surface area contributed by atoms with Crippen LogP contribution < -0.4 is 10.6 Å². The number of nitrogens with zero attached hydrogens (tertiary/aromatic N) is 4. The molecule has 2 aliphatic rings. The first kappa shape index (κ1) is 19.8. The third kappa shape index (κ3) is 5.33. The lowest BCUT2D eigenvalue weighted by Gasteiger charge is -2.27. The summed E-state index contributed by atoms with van der Waals surface area (Å²) in [6.07, 6.45) is 4.50. The lowest BCUT2D eigenvalue weighted by atomic mass is 10.1. The van der Waals surface area contributed by atoms with Crippen LogP contribution in [-0.4, -0.2) is 52.0 Å². The van der Waals surface area contributed by atoms with E-state index in [9.17, 15) is 4.79 Å². The molecule has 2 aromatic rings. The Morgan fingerprint density at radius 3 is 2.62 bits per heavy atom. The molecule has 0 unspecified atom stereocenters. The predicted molar refractivity (Wildman–Crippen MR) is 109 cm³/mol. The summed E-state index contributed by atoms with van der Waals surface area (Å²) in [5.74, 6) is 1.88. The number of hydrogen-bond donors (Lipinski definition) is 2. The highest BCUT2D eigenvalue weighted by atomic mass is 16.5. The molecule has 156 valence electrons. The van der Waals surface area contributed by atoms with Crippen molar-refractivity contribution in [3.05, 3.63) is 47.0 Å². The maximum absolute atomic E-state index is 12.3. The van der Waals surface area contributed by atoms with E-state index in [1.165, 1.54) is 12.0 Å². The van der Waals surface area contributed by atoms with Gasteiger partial charge in [0.15, 0.2) is 5.82 Å². The Morgan fingerprint density at radius 2 is 1.76 bits per heavy atom. The Bertz CT molecular complexity index is 815. The van der Waals surface area contributed by atoms with Crippen LogP contribution in [0.2, 0.25) is 0 Å². The van der Waals surface area contributed by atoms with E-state index >= 15 is 0 Å². The van der Waals surface area contributed by atoms with Crippen molar-refractivity contribution in [1.29, 1.82) is 0 Å². The SMILES string of the molecule is O=C(NCc1ccccc1CN1CCOCC1)NCc1nnc2n1CCCCC2. The minimum atomic E-state index is -0.183. The lowest BCUT2D eigenvalue weighted by molar-refractivity contribution is 0.0341. The third-order valence-electron chi connectivity index (χ3n) is 5.65. The van der Waals surface area contributed by atoms with Gasteiger partial charge in [-0.25, -0.2) is 4.79 Å². The van der Waals surface area contributed by atoms with E-state index in [4.69, 9.17) is 4.74 Å². The topological polar surface area (TPSA) is 84.3 Å². The van der Waals surface area contributed by atoms with Gasteiger partial charge in [-0.1, -0.05) is 30.7 Å². The summed E-state index contributed by atoms with van der Waals surface area (Å²) < 4.78 is 7.59. The van der Waals surface area contributed by atoms with Crippen LogP contribution in [0.3, 0.4) is 0 Å². The molecule has 8 nitrogen and oxygen atoms in total. The van der Waals surface area contributed by atoms with Crippen LogP contribution in [0.15, 0.2) is 24.3 Å². The minimum Gasteiger partial charge on any atom is -0.379 e. The largest absolute Gasteiger partial charge is 0.379 e.